The minimum atomic E-state index is -0.265. The Kier molecular flexibility index (Phi) is 4.88. The van der Waals surface area contributed by atoms with Crippen LogP contribution in [0.5, 0.6) is 0 Å². The Morgan fingerprint density at radius 2 is 1.76 bits per heavy atom. The number of amides is 1. The van der Waals surface area contributed by atoms with Crippen molar-refractivity contribution in [3.63, 3.8) is 0 Å². The fraction of sp³-hybridized carbons (Fsp3) is 0.0588. The first-order valence-corrected chi connectivity index (χ1v) is 6.57. The van der Waals surface area contributed by atoms with Crippen LogP contribution in [0.4, 0.5) is 5.69 Å². The summed E-state index contributed by atoms with van der Waals surface area (Å²) in [5.74, 6) is -0.265. The first-order chi connectivity index (χ1) is 10.1. The predicted octanol–water partition coefficient (Wildman–Crippen LogP) is 3.09. The number of hydrogen-bond acceptors (Lipinski definition) is 3. The maximum atomic E-state index is 11.8. The van der Waals surface area contributed by atoms with Crippen LogP contribution in [0.1, 0.15) is 22.8 Å². The van der Waals surface area contributed by atoms with Crippen molar-refractivity contribution in [2.45, 2.75) is 6.92 Å². The van der Waals surface area contributed by atoms with Gasteiger partial charge in [0.15, 0.2) is 0 Å². The van der Waals surface area contributed by atoms with Crippen molar-refractivity contribution < 1.29 is 4.79 Å². The van der Waals surface area contributed by atoms with E-state index in [1.165, 1.54) is 0 Å². The molecule has 3 N–H and O–H groups in total. The van der Waals surface area contributed by atoms with Crippen molar-refractivity contribution in [1.29, 1.82) is 0 Å². The summed E-state index contributed by atoms with van der Waals surface area (Å²) >= 11 is 0. The lowest BCUT2D eigenvalue weighted by atomic mass is 10.1. The zero-order chi connectivity index (χ0) is 15.1. The van der Waals surface area contributed by atoms with E-state index in [0.717, 1.165) is 11.1 Å². The normalized spacial score (nSPS) is 11.6. The summed E-state index contributed by atoms with van der Waals surface area (Å²) in [4.78, 5) is 11.8. The number of anilines is 1. The van der Waals surface area contributed by atoms with Crippen molar-refractivity contribution >= 4 is 23.9 Å². The second-order valence-electron chi connectivity index (χ2n) is 4.62. The molecule has 0 radical (unpaired) electrons. The van der Waals surface area contributed by atoms with Crippen molar-refractivity contribution in [3.8, 4) is 0 Å². The van der Waals surface area contributed by atoms with Crippen LogP contribution in [0.2, 0.25) is 0 Å². The van der Waals surface area contributed by atoms with E-state index in [-0.39, 0.29) is 5.91 Å². The third-order valence-corrected chi connectivity index (χ3v) is 2.80. The molecule has 0 atom stereocenters. The summed E-state index contributed by atoms with van der Waals surface area (Å²) in [6, 6.07) is 16.6. The van der Waals surface area contributed by atoms with Gasteiger partial charge in [0.2, 0.25) is 0 Å². The molecule has 1 amide bonds. The summed E-state index contributed by atoms with van der Waals surface area (Å²) in [6.07, 6.45) is 3.60. The lowest BCUT2D eigenvalue weighted by molar-refractivity contribution is 0.0955. The standard InChI is InChI=1S/C17H17N3O/c1-13(11-14-5-3-2-4-6-14)12-19-20-17(21)15-7-9-16(18)10-8-15/h2-12H,18H2,1H3,(H,20,21). The second kappa shape index (κ2) is 7.05. The molecule has 0 spiro atoms. The van der Waals surface area contributed by atoms with Gasteiger partial charge < -0.3 is 5.73 Å². The highest BCUT2D eigenvalue weighted by molar-refractivity contribution is 5.95. The number of benzene rings is 2. The summed E-state index contributed by atoms with van der Waals surface area (Å²) in [5, 5.41) is 3.94. The van der Waals surface area contributed by atoms with Crippen LogP contribution < -0.4 is 11.2 Å². The number of nitrogens with zero attached hydrogens (tertiary/aromatic N) is 1. The quantitative estimate of drug-likeness (QED) is 0.513. The minimum Gasteiger partial charge on any atom is -0.399 e. The molecule has 0 aliphatic carbocycles. The van der Waals surface area contributed by atoms with E-state index in [1.807, 2.05) is 43.3 Å². The molecule has 0 unspecified atom stereocenters. The van der Waals surface area contributed by atoms with E-state index in [9.17, 15) is 4.79 Å². The average molecular weight is 279 g/mol. The summed E-state index contributed by atoms with van der Waals surface area (Å²) < 4.78 is 0. The van der Waals surface area contributed by atoms with E-state index in [2.05, 4.69) is 10.5 Å². The highest BCUT2D eigenvalue weighted by Gasteiger charge is 2.02. The number of hydrogen-bond donors (Lipinski definition) is 2. The van der Waals surface area contributed by atoms with Crippen LogP contribution in [-0.2, 0) is 0 Å². The fourth-order valence-corrected chi connectivity index (χ4v) is 1.74. The molecule has 0 saturated carbocycles. The van der Waals surface area contributed by atoms with Crippen LogP contribution in [0, 0.1) is 0 Å². The van der Waals surface area contributed by atoms with E-state index < -0.39 is 0 Å². The molecule has 0 bridgehead atoms. The summed E-state index contributed by atoms with van der Waals surface area (Å²) in [7, 11) is 0. The number of carbonyl (C=O) groups excluding carboxylic acids is 1. The molecule has 0 saturated heterocycles. The third kappa shape index (κ3) is 4.62. The Bertz CT molecular complexity index is 658. The van der Waals surface area contributed by atoms with Gasteiger partial charge in [-0.2, -0.15) is 5.10 Å². The van der Waals surface area contributed by atoms with Gasteiger partial charge in [0, 0.05) is 11.3 Å². The van der Waals surface area contributed by atoms with Crippen molar-refractivity contribution in [2.75, 3.05) is 5.73 Å². The molecule has 2 aromatic rings. The highest BCUT2D eigenvalue weighted by Crippen LogP contribution is 2.06. The number of hydrazone groups is 1. The molecule has 2 aromatic carbocycles. The van der Waals surface area contributed by atoms with Gasteiger partial charge in [-0.1, -0.05) is 36.4 Å². The largest absolute Gasteiger partial charge is 0.399 e. The number of nitrogens with one attached hydrogen (secondary N) is 1. The molecular weight excluding hydrogens is 262 g/mol. The monoisotopic (exact) mass is 279 g/mol. The van der Waals surface area contributed by atoms with E-state index in [0.29, 0.717) is 11.3 Å². The van der Waals surface area contributed by atoms with Gasteiger partial charge in [0.1, 0.15) is 0 Å². The Hall–Kier alpha value is -2.88. The van der Waals surface area contributed by atoms with Gasteiger partial charge >= 0.3 is 0 Å². The smallest absolute Gasteiger partial charge is 0.271 e. The maximum absolute atomic E-state index is 11.8. The minimum absolute atomic E-state index is 0.265. The molecule has 0 aliphatic heterocycles. The molecule has 21 heavy (non-hydrogen) atoms. The molecule has 0 aliphatic rings. The van der Waals surface area contributed by atoms with Crippen LogP contribution >= 0.6 is 0 Å². The van der Waals surface area contributed by atoms with Crippen molar-refractivity contribution in [1.82, 2.24) is 5.43 Å². The maximum Gasteiger partial charge on any atom is 0.271 e. The fourth-order valence-electron chi connectivity index (χ4n) is 1.74. The molecular formula is C17H17N3O. The SMILES string of the molecule is CC(C=NNC(=O)c1ccc(N)cc1)=Cc1ccccc1. The van der Waals surface area contributed by atoms with E-state index in [1.54, 1.807) is 30.5 Å². The van der Waals surface area contributed by atoms with E-state index in [4.69, 9.17) is 5.73 Å². The van der Waals surface area contributed by atoms with E-state index >= 15 is 0 Å². The summed E-state index contributed by atoms with van der Waals surface area (Å²) in [5.41, 5.74) is 11.2. The van der Waals surface area contributed by atoms with Gasteiger partial charge in [-0.3, -0.25) is 4.79 Å². The number of nitrogen functional groups attached to an aromatic ring is 1. The second-order valence-corrected chi connectivity index (χ2v) is 4.62. The van der Waals surface area contributed by atoms with Crippen molar-refractivity contribution in [2.24, 2.45) is 5.10 Å². The van der Waals surface area contributed by atoms with Gasteiger partial charge in [-0.15, -0.1) is 0 Å². The third-order valence-electron chi connectivity index (χ3n) is 2.80. The van der Waals surface area contributed by atoms with Gasteiger partial charge in [0.05, 0.1) is 6.21 Å². The molecule has 2 rings (SSSR count). The van der Waals surface area contributed by atoms with Crippen LogP contribution in [0.25, 0.3) is 6.08 Å². The molecule has 106 valence electrons. The Labute approximate surface area is 124 Å². The molecule has 0 aromatic heterocycles. The van der Waals surface area contributed by atoms with Crippen molar-refractivity contribution in [3.05, 3.63) is 71.3 Å². The average Bonchev–Trinajstić information content (AvgIpc) is 2.49. The first kappa shape index (κ1) is 14.5. The Morgan fingerprint density at radius 1 is 1.10 bits per heavy atom. The molecule has 0 fully saturated rings. The highest BCUT2D eigenvalue weighted by atomic mass is 16.2. The Balaban J connectivity index is 1.94. The summed E-state index contributed by atoms with van der Waals surface area (Å²) in [6.45, 7) is 1.92. The number of carbonyl (C=O) groups is 1. The number of nitrogens with two attached hydrogens (primary N) is 1. The van der Waals surface area contributed by atoms with Crippen LogP contribution in [-0.4, -0.2) is 12.1 Å². The molecule has 4 heteroatoms. The van der Waals surface area contributed by atoms with Gasteiger partial charge in [-0.05, 0) is 42.3 Å². The zero-order valence-corrected chi connectivity index (χ0v) is 11.8. The first-order valence-electron chi connectivity index (χ1n) is 6.57. The lowest BCUT2D eigenvalue weighted by Gasteiger charge is -2.00. The topological polar surface area (TPSA) is 67.5 Å². The lowest BCUT2D eigenvalue weighted by Crippen LogP contribution is -2.17. The number of allylic oxidation sites excluding steroid dienone is 1. The molecule has 0 heterocycles. The van der Waals surface area contributed by atoms with Crippen LogP contribution in [0.15, 0.2) is 65.3 Å². The zero-order valence-electron chi connectivity index (χ0n) is 11.8. The van der Waals surface area contributed by atoms with Gasteiger partial charge in [-0.25, -0.2) is 5.43 Å². The number of rotatable bonds is 4. The predicted molar refractivity (Wildman–Crippen MR) is 86.9 cm³/mol. The molecule has 4 nitrogen and oxygen atoms in total. The van der Waals surface area contributed by atoms with Gasteiger partial charge in [0.25, 0.3) is 5.91 Å². The Morgan fingerprint density at radius 3 is 2.43 bits per heavy atom. The van der Waals surface area contributed by atoms with Crippen LogP contribution in [0.3, 0.4) is 0 Å².